The van der Waals surface area contributed by atoms with E-state index in [4.69, 9.17) is 4.74 Å². The first kappa shape index (κ1) is 13.8. The van der Waals surface area contributed by atoms with Crippen LogP contribution in [0.1, 0.15) is 32.8 Å². The van der Waals surface area contributed by atoms with Gasteiger partial charge >= 0.3 is 0 Å². The number of rotatable bonds is 4. The Kier molecular flexibility index (Phi) is 3.97. The van der Waals surface area contributed by atoms with Crippen LogP contribution in [0.4, 0.5) is 5.69 Å². The third-order valence-corrected chi connectivity index (χ3v) is 4.73. The Morgan fingerprint density at radius 1 is 1.56 bits per heavy atom. The molecule has 1 heterocycles. The summed E-state index contributed by atoms with van der Waals surface area (Å²) < 4.78 is 6.65. The Balaban J connectivity index is 2.01. The van der Waals surface area contributed by atoms with Gasteiger partial charge in [-0.1, -0.05) is 13.8 Å². The third kappa shape index (κ3) is 2.54. The van der Waals surface area contributed by atoms with E-state index in [1.807, 2.05) is 6.20 Å². The van der Waals surface area contributed by atoms with Gasteiger partial charge in [0.2, 0.25) is 0 Å². The van der Waals surface area contributed by atoms with Crippen molar-refractivity contribution in [1.82, 2.24) is 4.98 Å². The summed E-state index contributed by atoms with van der Waals surface area (Å²) in [6.07, 6.45) is 3.31. The van der Waals surface area contributed by atoms with Gasteiger partial charge in [0.05, 0.1) is 18.0 Å². The molecule has 3 nitrogen and oxygen atoms in total. The van der Waals surface area contributed by atoms with Crippen LogP contribution in [-0.2, 0) is 4.74 Å². The van der Waals surface area contributed by atoms with Gasteiger partial charge in [-0.15, -0.1) is 0 Å². The maximum absolute atomic E-state index is 5.74. The maximum Gasteiger partial charge on any atom is 0.109 e. The molecule has 1 aliphatic rings. The molecule has 18 heavy (non-hydrogen) atoms. The summed E-state index contributed by atoms with van der Waals surface area (Å²) in [6, 6.07) is 2.58. The summed E-state index contributed by atoms with van der Waals surface area (Å²) in [6.45, 7) is 9.41. The Hall–Kier alpha value is -0.610. The van der Waals surface area contributed by atoms with Crippen LogP contribution >= 0.6 is 15.9 Å². The second-order valence-electron chi connectivity index (χ2n) is 5.53. The van der Waals surface area contributed by atoms with Crippen LogP contribution in [0.2, 0.25) is 0 Å². The summed E-state index contributed by atoms with van der Waals surface area (Å²) >= 11 is 3.42. The van der Waals surface area contributed by atoms with E-state index in [2.05, 4.69) is 60.0 Å². The average Bonchev–Trinajstić information content (AvgIpc) is 2.32. The van der Waals surface area contributed by atoms with Crippen molar-refractivity contribution in [3.63, 3.8) is 0 Å². The van der Waals surface area contributed by atoms with Crippen LogP contribution in [0, 0.1) is 12.3 Å². The van der Waals surface area contributed by atoms with Crippen LogP contribution in [0.15, 0.2) is 16.9 Å². The van der Waals surface area contributed by atoms with E-state index in [1.165, 1.54) is 0 Å². The molecule has 0 aromatic carbocycles. The molecule has 0 amide bonds. The molecule has 2 rings (SSSR count). The van der Waals surface area contributed by atoms with E-state index < -0.39 is 0 Å². The normalized spacial score (nSPS) is 25.6. The van der Waals surface area contributed by atoms with Crippen molar-refractivity contribution in [3.8, 4) is 0 Å². The van der Waals surface area contributed by atoms with Crippen LogP contribution in [-0.4, -0.2) is 23.7 Å². The standard InChI is InChI=1S/C14H21BrN2O/c1-5-18-12-7-11(14(12,3)4)17-10-6-9(2)13(15)16-8-10/h6,8,11-12,17H,5,7H2,1-4H3. The number of hydrogen-bond acceptors (Lipinski definition) is 3. The minimum absolute atomic E-state index is 0.178. The molecule has 1 saturated carbocycles. The summed E-state index contributed by atoms with van der Waals surface area (Å²) in [5, 5.41) is 3.56. The molecule has 1 aromatic rings. The lowest BCUT2D eigenvalue weighted by atomic mass is 9.64. The number of aromatic nitrogens is 1. The van der Waals surface area contributed by atoms with Crippen molar-refractivity contribution in [2.45, 2.75) is 46.3 Å². The van der Waals surface area contributed by atoms with Gasteiger partial charge in [-0.2, -0.15) is 0 Å². The molecule has 0 aliphatic heterocycles. The lowest BCUT2D eigenvalue weighted by Gasteiger charge is -2.52. The fourth-order valence-electron chi connectivity index (χ4n) is 2.45. The molecular weight excluding hydrogens is 292 g/mol. The Bertz CT molecular complexity index is 434. The van der Waals surface area contributed by atoms with Gasteiger partial charge in [-0.05, 0) is 47.8 Å². The number of hydrogen-bond donors (Lipinski definition) is 1. The highest BCUT2D eigenvalue weighted by Gasteiger charge is 2.48. The minimum atomic E-state index is 0.178. The molecule has 2 atom stereocenters. The number of nitrogens with zero attached hydrogens (tertiary/aromatic N) is 1. The van der Waals surface area contributed by atoms with E-state index in [1.54, 1.807) is 0 Å². The Morgan fingerprint density at radius 3 is 2.83 bits per heavy atom. The second-order valence-corrected chi connectivity index (χ2v) is 6.28. The lowest BCUT2D eigenvalue weighted by Crippen LogP contribution is -2.58. The molecule has 1 aliphatic carbocycles. The van der Waals surface area contributed by atoms with Gasteiger partial charge in [0.25, 0.3) is 0 Å². The van der Waals surface area contributed by atoms with Crippen LogP contribution in [0.3, 0.4) is 0 Å². The monoisotopic (exact) mass is 312 g/mol. The zero-order valence-corrected chi connectivity index (χ0v) is 13.0. The largest absolute Gasteiger partial charge is 0.380 e. The smallest absolute Gasteiger partial charge is 0.109 e. The number of halogens is 1. The van der Waals surface area contributed by atoms with Gasteiger partial charge in [-0.25, -0.2) is 4.98 Å². The zero-order chi connectivity index (χ0) is 13.3. The molecular formula is C14H21BrN2O. The maximum atomic E-state index is 5.74. The molecule has 1 aromatic heterocycles. The molecule has 100 valence electrons. The van der Waals surface area contributed by atoms with E-state index in [9.17, 15) is 0 Å². The first-order chi connectivity index (χ1) is 8.45. The molecule has 1 N–H and O–H groups in total. The van der Waals surface area contributed by atoms with Crippen molar-refractivity contribution < 1.29 is 4.74 Å². The third-order valence-electron chi connectivity index (χ3n) is 3.90. The van der Waals surface area contributed by atoms with Crippen molar-refractivity contribution in [3.05, 3.63) is 22.4 Å². The van der Waals surface area contributed by atoms with E-state index >= 15 is 0 Å². The Morgan fingerprint density at radius 2 is 2.28 bits per heavy atom. The highest BCUT2D eigenvalue weighted by atomic mass is 79.9. The summed E-state index contributed by atoms with van der Waals surface area (Å²) in [5.41, 5.74) is 2.42. The first-order valence-electron chi connectivity index (χ1n) is 6.45. The molecule has 4 heteroatoms. The van der Waals surface area contributed by atoms with Gasteiger partial charge in [0.1, 0.15) is 4.60 Å². The predicted molar refractivity (Wildman–Crippen MR) is 77.9 cm³/mol. The lowest BCUT2D eigenvalue weighted by molar-refractivity contribution is -0.0976. The number of aryl methyl sites for hydroxylation is 1. The molecule has 0 saturated heterocycles. The number of nitrogens with one attached hydrogen (secondary N) is 1. The van der Waals surface area contributed by atoms with Crippen LogP contribution in [0.5, 0.6) is 0 Å². The quantitative estimate of drug-likeness (QED) is 0.859. The molecule has 2 unspecified atom stereocenters. The van der Waals surface area contributed by atoms with E-state index in [0.29, 0.717) is 12.1 Å². The number of ether oxygens (including phenoxy) is 1. The molecule has 0 radical (unpaired) electrons. The van der Waals surface area contributed by atoms with Crippen molar-refractivity contribution in [2.75, 3.05) is 11.9 Å². The highest BCUT2D eigenvalue weighted by Crippen LogP contribution is 2.44. The summed E-state index contributed by atoms with van der Waals surface area (Å²) in [5.74, 6) is 0. The zero-order valence-electron chi connectivity index (χ0n) is 11.5. The molecule has 1 fully saturated rings. The average molecular weight is 313 g/mol. The van der Waals surface area contributed by atoms with Gasteiger partial charge in [0, 0.05) is 18.1 Å². The second kappa shape index (κ2) is 5.17. The predicted octanol–water partition coefficient (Wildman–Crippen LogP) is 3.77. The van der Waals surface area contributed by atoms with Crippen LogP contribution in [0.25, 0.3) is 0 Å². The number of pyridine rings is 1. The summed E-state index contributed by atoms with van der Waals surface area (Å²) in [4.78, 5) is 4.32. The van der Waals surface area contributed by atoms with Crippen molar-refractivity contribution >= 4 is 21.6 Å². The molecule has 0 bridgehead atoms. The fourth-order valence-corrected chi connectivity index (χ4v) is 2.67. The Labute approximate surface area is 117 Å². The van der Waals surface area contributed by atoms with E-state index in [0.717, 1.165) is 28.9 Å². The SMILES string of the molecule is CCOC1CC(Nc2cnc(Br)c(C)c2)C1(C)C. The van der Waals surface area contributed by atoms with Gasteiger partial charge in [-0.3, -0.25) is 0 Å². The van der Waals surface area contributed by atoms with Crippen LogP contribution < -0.4 is 5.32 Å². The number of anilines is 1. The fraction of sp³-hybridized carbons (Fsp3) is 0.643. The highest BCUT2D eigenvalue weighted by molar-refractivity contribution is 9.10. The van der Waals surface area contributed by atoms with Crippen molar-refractivity contribution in [2.24, 2.45) is 5.41 Å². The topological polar surface area (TPSA) is 34.1 Å². The summed E-state index contributed by atoms with van der Waals surface area (Å²) in [7, 11) is 0. The van der Waals surface area contributed by atoms with E-state index in [-0.39, 0.29) is 5.41 Å². The molecule has 0 spiro atoms. The first-order valence-corrected chi connectivity index (χ1v) is 7.24. The van der Waals surface area contributed by atoms with Gasteiger partial charge < -0.3 is 10.1 Å². The minimum Gasteiger partial charge on any atom is -0.380 e. The van der Waals surface area contributed by atoms with Gasteiger partial charge in [0.15, 0.2) is 0 Å². The van der Waals surface area contributed by atoms with Crippen molar-refractivity contribution in [1.29, 1.82) is 0 Å².